The standard InChI is InChI=1S/C10H12FNO3/c1-2-14-10(13)6-15-9-5-7(11)3-4-8(9)12/h3-5H,2,6,12H2,1H3. The fourth-order valence-corrected chi connectivity index (χ4v) is 0.973. The molecule has 0 bridgehead atoms. The molecule has 0 spiro atoms. The van der Waals surface area contributed by atoms with Crippen LogP contribution in [-0.2, 0) is 9.53 Å². The van der Waals surface area contributed by atoms with Gasteiger partial charge in [0.25, 0.3) is 0 Å². The van der Waals surface area contributed by atoms with Crippen LogP contribution >= 0.6 is 0 Å². The molecule has 0 saturated carbocycles. The zero-order chi connectivity index (χ0) is 11.3. The van der Waals surface area contributed by atoms with Gasteiger partial charge in [-0.05, 0) is 19.1 Å². The summed E-state index contributed by atoms with van der Waals surface area (Å²) >= 11 is 0. The first kappa shape index (κ1) is 11.3. The number of carbonyl (C=O) groups excluding carboxylic acids is 1. The Balaban J connectivity index is 2.57. The second-order valence-corrected chi connectivity index (χ2v) is 2.78. The van der Waals surface area contributed by atoms with Crippen LogP contribution in [0.25, 0.3) is 0 Å². The zero-order valence-corrected chi connectivity index (χ0v) is 8.33. The Bertz CT molecular complexity index is 355. The maximum absolute atomic E-state index is 12.8. The number of halogens is 1. The minimum atomic E-state index is -0.513. The predicted molar refractivity (Wildman–Crippen MR) is 52.9 cm³/mol. The number of benzene rings is 1. The summed E-state index contributed by atoms with van der Waals surface area (Å²) in [5, 5.41) is 0. The molecular weight excluding hydrogens is 201 g/mol. The van der Waals surface area contributed by atoms with Gasteiger partial charge in [-0.25, -0.2) is 9.18 Å². The number of ether oxygens (including phenoxy) is 2. The molecule has 0 atom stereocenters. The van der Waals surface area contributed by atoms with Gasteiger partial charge in [0.1, 0.15) is 11.6 Å². The summed E-state index contributed by atoms with van der Waals surface area (Å²) in [5.41, 5.74) is 5.78. The van der Waals surface area contributed by atoms with Gasteiger partial charge in [0.2, 0.25) is 0 Å². The summed E-state index contributed by atoms with van der Waals surface area (Å²) in [6.07, 6.45) is 0. The van der Waals surface area contributed by atoms with Crippen molar-refractivity contribution in [3.63, 3.8) is 0 Å². The minimum absolute atomic E-state index is 0.142. The largest absolute Gasteiger partial charge is 0.480 e. The summed E-state index contributed by atoms with van der Waals surface area (Å²) in [6, 6.07) is 3.71. The summed E-state index contributed by atoms with van der Waals surface area (Å²) in [4.78, 5) is 10.9. The second-order valence-electron chi connectivity index (χ2n) is 2.78. The molecule has 82 valence electrons. The summed E-state index contributed by atoms with van der Waals surface area (Å²) in [7, 11) is 0. The topological polar surface area (TPSA) is 61.5 Å². The molecule has 0 unspecified atom stereocenters. The average Bonchev–Trinajstić information content (AvgIpc) is 2.20. The van der Waals surface area contributed by atoms with Crippen molar-refractivity contribution in [2.24, 2.45) is 0 Å². The normalized spacial score (nSPS) is 9.73. The van der Waals surface area contributed by atoms with Crippen LogP contribution in [0.1, 0.15) is 6.92 Å². The molecule has 5 heteroatoms. The number of nitrogens with two attached hydrogens (primary N) is 1. The van der Waals surface area contributed by atoms with Crippen LogP contribution in [0.3, 0.4) is 0 Å². The Morgan fingerprint density at radius 2 is 2.27 bits per heavy atom. The number of hydrogen-bond donors (Lipinski definition) is 1. The molecule has 0 fully saturated rings. The molecule has 0 radical (unpaired) electrons. The SMILES string of the molecule is CCOC(=O)COc1cc(F)ccc1N. The first-order valence-electron chi connectivity index (χ1n) is 4.47. The number of rotatable bonds is 4. The Kier molecular flexibility index (Phi) is 3.91. The maximum atomic E-state index is 12.8. The van der Waals surface area contributed by atoms with Crippen molar-refractivity contribution in [3.05, 3.63) is 24.0 Å². The average molecular weight is 213 g/mol. The number of esters is 1. The molecule has 2 N–H and O–H groups in total. The number of hydrogen-bond acceptors (Lipinski definition) is 4. The van der Waals surface area contributed by atoms with Crippen LogP contribution in [0.4, 0.5) is 10.1 Å². The molecule has 4 nitrogen and oxygen atoms in total. The van der Waals surface area contributed by atoms with E-state index in [0.29, 0.717) is 0 Å². The Morgan fingerprint density at radius 1 is 1.53 bits per heavy atom. The fourth-order valence-electron chi connectivity index (χ4n) is 0.973. The van der Waals surface area contributed by atoms with Crippen molar-refractivity contribution in [3.8, 4) is 5.75 Å². The van der Waals surface area contributed by atoms with E-state index < -0.39 is 11.8 Å². The van der Waals surface area contributed by atoms with Gasteiger partial charge in [-0.1, -0.05) is 0 Å². The molecule has 1 aromatic rings. The highest BCUT2D eigenvalue weighted by atomic mass is 19.1. The van der Waals surface area contributed by atoms with Gasteiger partial charge >= 0.3 is 5.97 Å². The summed E-state index contributed by atoms with van der Waals surface area (Å²) < 4.78 is 22.4. The van der Waals surface area contributed by atoms with E-state index in [9.17, 15) is 9.18 Å². The molecule has 0 aliphatic heterocycles. The first-order valence-corrected chi connectivity index (χ1v) is 4.47. The lowest BCUT2D eigenvalue weighted by molar-refractivity contribution is -0.145. The van der Waals surface area contributed by atoms with E-state index in [1.807, 2.05) is 0 Å². The van der Waals surface area contributed by atoms with Crippen LogP contribution < -0.4 is 10.5 Å². The number of carbonyl (C=O) groups is 1. The van der Waals surface area contributed by atoms with E-state index in [1.165, 1.54) is 12.1 Å². The number of anilines is 1. The molecular formula is C10H12FNO3. The van der Waals surface area contributed by atoms with E-state index in [0.717, 1.165) is 6.07 Å². The van der Waals surface area contributed by atoms with Crippen molar-refractivity contribution >= 4 is 11.7 Å². The Morgan fingerprint density at radius 3 is 2.93 bits per heavy atom. The van der Waals surface area contributed by atoms with E-state index in [4.69, 9.17) is 10.5 Å². The molecule has 15 heavy (non-hydrogen) atoms. The lowest BCUT2D eigenvalue weighted by Gasteiger charge is -2.07. The fraction of sp³-hybridized carbons (Fsp3) is 0.300. The third-order valence-electron chi connectivity index (χ3n) is 1.63. The molecule has 0 aliphatic rings. The third-order valence-corrected chi connectivity index (χ3v) is 1.63. The second kappa shape index (κ2) is 5.19. The first-order chi connectivity index (χ1) is 7.13. The van der Waals surface area contributed by atoms with Crippen molar-refractivity contribution in [2.75, 3.05) is 18.9 Å². The van der Waals surface area contributed by atoms with Crippen LogP contribution in [0.2, 0.25) is 0 Å². The van der Waals surface area contributed by atoms with Crippen molar-refractivity contribution in [1.82, 2.24) is 0 Å². The van der Waals surface area contributed by atoms with Gasteiger partial charge in [-0.15, -0.1) is 0 Å². The summed E-state index contributed by atoms with van der Waals surface area (Å²) in [5.74, 6) is -0.840. The van der Waals surface area contributed by atoms with Gasteiger partial charge in [0.05, 0.1) is 12.3 Å². The van der Waals surface area contributed by atoms with Gasteiger partial charge in [0, 0.05) is 6.07 Å². The van der Waals surface area contributed by atoms with Gasteiger partial charge < -0.3 is 15.2 Å². The monoisotopic (exact) mass is 213 g/mol. The quantitative estimate of drug-likeness (QED) is 0.605. The molecule has 0 amide bonds. The van der Waals surface area contributed by atoms with E-state index in [-0.39, 0.29) is 24.7 Å². The smallest absolute Gasteiger partial charge is 0.344 e. The summed E-state index contributed by atoms with van der Waals surface area (Å²) in [6.45, 7) is 1.69. The van der Waals surface area contributed by atoms with Crippen molar-refractivity contribution < 1.29 is 18.7 Å². The highest BCUT2D eigenvalue weighted by Crippen LogP contribution is 2.21. The molecule has 1 rings (SSSR count). The number of nitrogen functional groups attached to an aromatic ring is 1. The predicted octanol–water partition coefficient (Wildman–Crippen LogP) is 1.35. The van der Waals surface area contributed by atoms with Crippen LogP contribution in [0.5, 0.6) is 5.75 Å². The van der Waals surface area contributed by atoms with E-state index >= 15 is 0 Å². The zero-order valence-electron chi connectivity index (χ0n) is 8.33. The molecule has 0 heterocycles. The molecule has 0 saturated heterocycles. The Hall–Kier alpha value is -1.78. The highest BCUT2D eigenvalue weighted by molar-refractivity contribution is 5.71. The molecule has 0 aliphatic carbocycles. The lowest BCUT2D eigenvalue weighted by atomic mass is 10.3. The molecule has 1 aromatic carbocycles. The van der Waals surface area contributed by atoms with Crippen LogP contribution in [0, 0.1) is 5.82 Å². The van der Waals surface area contributed by atoms with Crippen molar-refractivity contribution in [1.29, 1.82) is 0 Å². The maximum Gasteiger partial charge on any atom is 0.344 e. The molecule has 0 aromatic heterocycles. The third kappa shape index (κ3) is 3.46. The van der Waals surface area contributed by atoms with Gasteiger partial charge in [-0.3, -0.25) is 0 Å². The highest BCUT2D eigenvalue weighted by Gasteiger charge is 2.06. The van der Waals surface area contributed by atoms with E-state index in [1.54, 1.807) is 6.92 Å². The van der Waals surface area contributed by atoms with Crippen molar-refractivity contribution in [2.45, 2.75) is 6.92 Å². The van der Waals surface area contributed by atoms with Gasteiger partial charge in [-0.2, -0.15) is 0 Å². The minimum Gasteiger partial charge on any atom is -0.480 e. The lowest BCUT2D eigenvalue weighted by Crippen LogP contribution is -2.15. The van der Waals surface area contributed by atoms with Crippen LogP contribution in [0.15, 0.2) is 18.2 Å². The van der Waals surface area contributed by atoms with Gasteiger partial charge in [0.15, 0.2) is 6.61 Å². The van der Waals surface area contributed by atoms with E-state index in [2.05, 4.69) is 4.74 Å². The van der Waals surface area contributed by atoms with Crippen LogP contribution in [-0.4, -0.2) is 19.2 Å². The Labute approximate surface area is 86.8 Å².